The largest absolute Gasteiger partial charge is 0.497 e. The summed E-state index contributed by atoms with van der Waals surface area (Å²) in [7, 11) is 4.84. The Morgan fingerprint density at radius 3 is 2.47 bits per heavy atom. The molecule has 0 spiro atoms. The van der Waals surface area contributed by atoms with Gasteiger partial charge in [0.1, 0.15) is 22.8 Å². The van der Waals surface area contributed by atoms with E-state index >= 15 is 0 Å². The molecule has 2 aromatic carbocycles. The predicted octanol–water partition coefficient (Wildman–Crippen LogP) is 4.10. The van der Waals surface area contributed by atoms with Crippen molar-refractivity contribution in [2.75, 3.05) is 27.9 Å². The van der Waals surface area contributed by atoms with Crippen molar-refractivity contribution in [1.29, 1.82) is 0 Å². The van der Waals surface area contributed by atoms with E-state index in [9.17, 15) is 9.59 Å². The van der Waals surface area contributed by atoms with Crippen molar-refractivity contribution in [3.8, 4) is 17.2 Å². The standard InChI is InChI=1S/C26H30N4O5S/c1-33-17-8-10-21(35-3)16(14-17)11-12-27-22(31)6-4-5-13-30-25(32)24-23(29-26(30)36)19-15-18(34-2)7-9-20(19)28-24/h7-10,14-15,28H,4-6,11-13H2,1-3H3,(H,27,31)(H,29,36). The first-order valence-corrected chi connectivity index (χ1v) is 12.2. The highest BCUT2D eigenvalue weighted by molar-refractivity contribution is 7.71. The lowest BCUT2D eigenvalue weighted by Crippen LogP contribution is -2.26. The third kappa shape index (κ3) is 5.38. The highest BCUT2D eigenvalue weighted by atomic mass is 32.1. The number of fused-ring (bicyclic) bond motifs is 3. The number of amides is 1. The van der Waals surface area contributed by atoms with Gasteiger partial charge in [0.05, 0.1) is 26.8 Å². The molecule has 190 valence electrons. The van der Waals surface area contributed by atoms with Gasteiger partial charge in [0.2, 0.25) is 5.91 Å². The van der Waals surface area contributed by atoms with Crippen LogP contribution in [-0.2, 0) is 17.8 Å². The van der Waals surface area contributed by atoms with Crippen LogP contribution in [0.25, 0.3) is 21.9 Å². The molecule has 0 bridgehead atoms. The van der Waals surface area contributed by atoms with Gasteiger partial charge in [-0.05, 0) is 73.4 Å². The fraction of sp³-hybridized carbons (Fsp3) is 0.346. The molecule has 2 aromatic heterocycles. The Morgan fingerprint density at radius 2 is 1.72 bits per heavy atom. The number of unbranched alkanes of at least 4 members (excludes halogenated alkanes) is 1. The van der Waals surface area contributed by atoms with Crippen molar-refractivity contribution >= 4 is 40.1 Å². The zero-order valence-electron chi connectivity index (χ0n) is 20.6. The summed E-state index contributed by atoms with van der Waals surface area (Å²) in [4.78, 5) is 31.8. The summed E-state index contributed by atoms with van der Waals surface area (Å²) < 4.78 is 17.8. The van der Waals surface area contributed by atoms with Crippen LogP contribution < -0.4 is 25.1 Å². The summed E-state index contributed by atoms with van der Waals surface area (Å²) in [6, 6.07) is 11.2. The van der Waals surface area contributed by atoms with Crippen LogP contribution in [0.3, 0.4) is 0 Å². The Balaban J connectivity index is 1.32. The summed E-state index contributed by atoms with van der Waals surface area (Å²) in [5, 5.41) is 3.79. The molecule has 4 rings (SSSR count). The van der Waals surface area contributed by atoms with Gasteiger partial charge in [-0.25, -0.2) is 0 Å². The lowest BCUT2D eigenvalue weighted by atomic mass is 10.1. The second-order valence-electron chi connectivity index (χ2n) is 8.41. The van der Waals surface area contributed by atoms with Crippen LogP contribution in [0.1, 0.15) is 24.8 Å². The van der Waals surface area contributed by atoms with E-state index in [0.29, 0.717) is 60.3 Å². The van der Waals surface area contributed by atoms with Crippen molar-refractivity contribution < 1.29 is 19.0 Å². The number of aromatic nitrogens is 3. The van der Waals surface area contributed by atoms with Gasteiger partial charge in [-0.2, -0.15) is 0 Å². The molecule has 0 aliphatic carbocycles. The van der Waals surface area contributed by atoms with Crippen LogP contribution in [0.5, 0.6) is 17.2 Å². The number of carbonyl (C=O) groups excluding carboxylic acids is 1. The molecule has 36 heavy (non-hydrogen) atoms. The number of hydrogen-bond donors (Lipinski definition) is 3. The van der Waals surface area contributed by atoms with E-state index in [1.54, 1.807) is 21.3 Å². The number of nitrogens with zero attached hydrogens (tertiary/aromatic N) is 1. The number of nitrogens with one attached hydrogen (secondary N) is 3. The minimum Gasteiger partial charge on any atom is -0.497 e. The second-order valence-corrected chi connectivity index (χ2v) is 8.79. The molecule has 0 unspecified atom stereocenters. The number of H-pyrrole nitrogens is 2. The van der Waals surface area contributed by atoms with E-state index < -0.39 is 0 Å². The zero-order valence-corrected chi connectivity index (χ0v) is 21.4. The fourth-order valence-corrected chi connectivity index (χ4v) is 4.53. The van der Waals surface area contributed by atoms with Gasteiger partial charge in [-0.15, -0.1) is 0 Å². The quantitative estimate of drug-likeness (QED) is 0.207. The molecule has 0 aliphatic rings. The molecule has 9 nitrogen and oxygen atoms in total. The Morgan fingerprint density at radius 1 is 0.972 bits per heavy atom. The topological polar surface area (TPSA) is 110 Å². The summed E-state index contributed by atoms with van der Waals surface area (Å²) in [5.41, 5.74) is 2.76. The number of aromatic amines is 2. The normalized spacial score (nSPS) is 11.1. The molecule has 0 saturated carbocycles. The maximum Gasteiger partial charge on any atom is 0.278 e. The molecule has 0 aliphatic heterocycles. The van der Waals surface area contributed by atoms with Gasteiger partial charge in [-0.1, -0.05) is 0 Å². The minimum atomic E-state index is -0.180. The molecular formula is C26H30N4O5S. The molecule has 1 amide bonds. The van der Waals surface area contributed by atoms with Crippen LogP contribution in [0, 0.1) is 4.77 Å². The number of methoxy groups -OCH3 is 3. The van der Waals surface area contributed by atoms with Gasteiger partial charge in [0.15, 0.2) is 4.77 Å². The first-order valence-electron chi connectivity index (χ1n) is 11.7. The first kappa shape index (κ1) is 25.3. The summed E-state index contributed by atoms with van der Waals surface area (Å²) >= 11 is 5.46. The maximum atomic E-state index is 13.1. The molecule has 0 fully saturated rings. The zero-order chi connectivity index (χ0) is 25.7. The van der Waals surface area contributed by atoms with Gasteiger partial charge < -0.3 is 29.5 Å². The van der Waals surface area contributed by atoms with Crippen LogP contribution in [0.15, 0.2) is 41.2 Å². The lowest BCUT2D eigenvalue weighted by molar-refractivity contribution is -0.121. The Bertz CT molecular complexity index is 1500. The van der Waals surface area contributed by atoms with Crippen molar-refractivity contribution in [3.05, 3.63) is 57.1 Å². The molecule has 3 N–H and O–H groups in total. The van der Waals surface area contributed by atoms with Gasteiger partial charge in [-0.3, -0.25) is 14.2 Å². The predicted molar refractivity (Wildman–Crippen MR) is 142 cm³/mol. The summed E-state index contributed by atoms with van der Waals surface area (Å²) in [6.07, 6.45) is 2.29. The molecular weight excluding hydrogens is 480 g/mol. The maximum absolute atomic E-state index is 13.1. The molecule has 2 heterocycles. The molecule has 4 aromatic rings. The molecule has 0 radical (unpaired) electrons. The second kappa shape index (κ2) is 11.3. The Labute approximate surface area is 213 Å². The van der Waals surface area contributed by atoms with E-state index in [2.05, 4.69) is 15.3 Å². The average molecular weight is 511 g/mol. The number of hydrogen-bond acceptors (Lipinski definition) is 6. The molecule has 0 atom stereocenters. The fourth-order valence-electron chi connectivity index (χ4n) is 4.25. The van der Waals surface area contributed by atoms with E-state index in [-0.39, 0.29) is 11.5 Å². The number of rotatable bonds is 11. The smallest absolute Gasteiger partial charge is 0.278 e. The van der Waals surface area contributed by atoms with Crippen molar-refractivity contribution in [2.24, 2.45) is 0 Å². The third-order valence-corrected chi connectivity index (χ3v) is 6.50. The minimum absolute atomic E-state index is 0.0330. The lowest BCUT2D eigenvalue weighted by Gasteiger charge is -2.11. The number of benzene rings is 2. The average Bonchev–Trinajstić information content (AvgIpc) is 3.25. The molecule has 0 saturated heterocycles. The monoisotopic (exact) mass is 510 g/mol. The van der Waals surface area contributed by atoms with Crippen LogP contribution in [-0.4, -0.2) is 48.3 Å². The van der Waals surface area contributed by atoms with Crippen molar-refractivity contribution in [3.63, 3.8) is 0 Å². The highest BCUT2D eigenvalue weighted by Crippen LogP contribution is 2.26. The molecule has 10 heteroatoms. The van der Waals surface area contributed by atoms with Gasteiger partial charge in [0.25, 0.3) is 5.56 Å². The number of ether oxygens (including phenoxy) is 3. The summed E-state index contributed by atoms with van der Waals surface area (Å²) in [6.45, 7) is 0.923. The van der Waals surface area contributed by atoms with E-state index in [1.807, 2.05) is 36.4 Å². The van der Waals surface area contributed by atoms with Gasteiger partial charge in [0, 0.05) is 30.4 Å². The summed E-state index contributed by atoms with van der Waals surface area (Å²) in [5.74, 6) is 2.18. The van der Waals surface area contributed by atoms with Crippen LogP contribution >= 0.6 is 12.2 Å². The SMILES string of the molecule is COc1ccc(OC)c(CCNC(=O)CCCCn2c(=S)[nH]c3c([nH]c4ccc(OC)cc43)c2=O)c1. The van der Waals surface area contributed by atoms with E-state index in [4.69, 9.17) is 26.4 Å². The van der Waals surface area contributed by atoms with E-state index in [1.165, 1.54) is 4.57 Å². The first-order chi connectivity index (χ1) is 17.4. The van der Waals surface area contributed by atoms with Crippen LogP contribution in [0.2, 0.25) is 0 Å². The van der Waals surface area contributed by atoms with Crippen molar-refractivity contribution in [1.82, 2.24) is 19.9 Å². The third-order valence-electron chi connectivity index (χ3n) is 6.18. The van der Waals surface area contributed by atoms with Crippen LogP contribution in [0.4, 0.5) is 0 Å². The Hall–Kier alpha value is -3.79. The van der Waals surface area contributed by atoms with Crippen molar-refractivity contribution in [2.45, 2.75) is 32.2 Å². The highest BCUT2D eigenvalue weighted by Gasteiger charge is 2.13. The van der Waals surface area contributed by atoms with Gasteiger partial charge >= 0.3 is 0 Å². The Kier molecular flexibility index (Phi) is 7.94. The van der Waals surface area contributed by atoms with E-state index in [0.717, 1.165) is 28.0 Å². The number of carbonyl (C=O) groups is 1.